The lowest BCUT2D eigenvalue weighted by molar-refractivity contribution is -0.140. The zero-order valence-corrected chi connectivity index (χ0v) is 13.5. The molecule has 0 bridgehead atoms. The minimum absolute atomic E-state index is 0.0487. The average molecular weight is 315 g/mol. The quantitative estimate of drug-likeness (QED) is 0.890. The summed E-state index contributed by atoms with van der Waals surface area (Å²) in [5.41, 5.74) is 1.11. The van der Waals surface area contributed by atoms with Gasteiger partial charge in [0, 0.05) is 38.6 Å². The van der Waals surface area contributed by atoms with Crippen molar-refractivity contribution in [1.82, 2.24) is 15.1 Å². The van der Waals surface area contributed by atoms with Crippen LogP contribution < -0.4 is 5.32 Å². The van der Waals surface area contributed by atoms with Gasteiger partial charge in [0.15, 0.2) is 0 Å². The first-order chi connectivity index (χ1) is 11.2. The van der Waals surface area contributed by atoms with Gasteiger partial charge in [-0.2, -0.15) is 0 Å². The normalized spacial score (nSPS) is 19.2. The Bertz CT molecular complexity index is 534. The second kappa shape index (κ2) is 7.59. The van der Waals surface area contributed by atoms with Crippen molar-refractivity contribution in [3.8, 4) is 0 Å². The molecule has 1 N–H and O–H groups in total. The fourth-order valence-corrected chi connectivity index (χ4v) is 3.10. The number of carbonyl (C=O) groups is 2. The van der Waals surface area contributed by atoms with Gasteiger partial charge in [0.05, 0.1) is 6.54 Å². The molecule has 0 spiro atoms. The maximum Gasteiger partial charge on any atom is 0.234 e. The van der Waals surface area contributed by atoms with Crippen molar-refractivity contribution in [2.75, 3.05) is 32.7 Å². The number of nitrogens with zero attached hydrogens (tertiary/aromatic N) is 2. The number of carbonyl (C=O) groups excluding carboxylic acids is 2. The molecule has 1 saturated heterocycles. The van der Waals surface area contributed by atoms with E-state index in [1.54, 1.807) is 0 Å². The number of benzene rings is 1. The van der Waals surface area contributed by atoms with Crippen LogP contribution in [0.4, 0.5) is 0 Å². The summed E-state index contributed by atoms with van der Waals surface area (Å²) < 4.78 is 0. The number of hydrogen-bond donors (Lipinski definition) is 1. The summed E-state index contributed by atoms with van der Waals surface area (Å²) in [6.07, 6.45) is 3.31. The highest BCUT2D eigenvalue weighted by molar-refractivity contribution is 5.80. The lowest BCUT2D eigenvalue weighted by atomic mass is 9.84. The van der Waals surface area contributed by atoms with Crippen molar-refractivity contribution in [3.05, 3.63) is 35.9 Å². The molecule has 23 heavy (non-hydrogen) atoms. The largest absolute Gasteiger partial charge is 0.351 e. The van der Waals surface area contributed by atoms with E-state index in [0.29, 0.717) is 19.0 Å². The van der Waals surface area contributed by atoms with Gasteiger partial charge in [-0.15, -0.1) is 0 Å². The van der Waals surface area contributed by atoms with Crippen molar-refractivity contribution < 1.29 is 9.59 Å². The van der Waals surface area contributed by atoms with E-state index in [2.05, 4.69) is 10.2 Å². The van der Waals surface area contributed by atoms with Gasteiger partial charge in [0.2, 0.25) is 11.8 Å². The van der Waals surface area contributed by atoms with Gasteiger partial charge in [-0.3, -0.25) is 14.5 Å². The Morgan fingerprint density at radius 2 is 1.74 bits per heavy atom. The summed E-state index contributed by atoms with van der Waals surface area (Å²) in [5.74, 6) is 0.646. The Kier molecular flexibility index (Phi) is 5.28. The zero-order chi connectivity index (χ0) is 16.1. The lowest BCUT2D eigenvalue weighted by Gasteiger charge is -2.38. The van der Waals surface area contributed by atoms with Crippen LogP contribution in [0.3, 0.4) is 0 Å². The summed E-state index contributed by atoms with van der Waals surface area (Å²) in [5, 5.41) is 2.96. The van der Waals surface area contributed by atoms with Crippen LogP contribution in [-0.2, 0) is 16.1 Å². The molecule has 5 heteroatoms. The third-order valence-electron chi connectivity index (χ3n) is 4.84. The molecule has 2 amide bonds. The summed E-state index contributed by atoms with van der Waals surface area (Å²) in [6.45, 7) is 4.06. The molecule has 3 rings (SSSR count). The average Bonchev–Trinajstić information content (AvgIpc) is 2.53. The predicted molar refractivity (Wildman–Crippen MR) is 88.6 cm³/mol. The number of nitrogens with one attached hydrogen (secondary N) is 1. The van der Waals surface area contributed by atoms with Crippen molar-refractivity contribution in [1.29, 1.82) is 0 Å². The maximum atomic E-state index is 12.2. The Morgan fingerprint density at radius 3 is 2.35 bits per heavy atom. The van der Waals surface area contributed by atoms with Crippen LogP contribution in [0.1, 0.15) is 24.8 Å². The fraction of sp³-hybridized carbons (Fsp3) is 0.556. The highest BCUT2D eigenvalue weighted by atomic mass is 16.2. The Hall–Kier alpha value is -1.88. The molecule has 0 atom stereocenters. The van der Waals surface area contributed by atoms with Crippen molar-refractivity contribution in [2.45, 2.75) is 25.8 Å². The molecule has 1 aromatic rings. The fourth-order valence-electron chi connectivity index (χ4n) is 3.10. The second-order valence-corrected chi connectivity index (χ2v) is 6.49. The van der Waals surface area contributed by atoms with E-state index in [0.717, 1.165) is 44.6 Å². The summed E-state index contributed by atoms with van der Waals surface area (Å²) in [4.78, 5) is 28.3. The highest BCUT2D eigenvalue weighted by Gasteiger charge is 2.31. The second-order valence-electron chi connectivity index (χ2n) is 6.49. The summed E-state index contributed by atoms with van der Waals surface area (Å²) in [6, 6.07) is 9.92. The molecule has 0 aromatic heterocycles. The highest BCUT2D eigenvalue weighted by Crippen LogP contribution is 2.28. The molecule has 1 aliphatic carbocycles. The molecule has 5 nitrogen and oxygen atoms in total. The predicted octanol–water partition coefficient (Wildman–Crippen LogP) is 1.25. The van der Waals surface area contributed by atoms with Gasteiger partial charge in [0.25, 0.3) is 0 Å². The van der Waals surface area contributed by atoms with Crippen molar-refractivity contribution in [3.63, 3.8) is 0 Å². The minimum atomic E-state index is 0.0487. The monoisotopic (exact) mass is 315 g/mol. The molecule has 0 radical (unpaired) electrons. The molecular weight excluding hydrogens is 290 g/mol. The van der Waals surface area contributed by atoms with Crippen molar-refractivity contribution >= 4 is 11.8 Å². The van der Waals surface area contributed by atoms with Gasteiger partial charge in [-0.1, -0.05) is 36.8 Å². The van der Waals surface area contributed by atoms with Crippen molar-refractivity contribution in [2.24, 2.45) is 5.92 Å². The van der Waals surface area contributed by atoms with Crippen LogP contribution in [0.5, 0.6) is 0 Å². The maximum absolute atomic E-state index is 12.2. The molecule has 0 unspecified atom stereocenters. The first-order valence-electron chi connectivity index (χ1n) is 8.54. The topological polar surface area (TPSA) is 52.7 Å². The van der Waals surface area contributed by atoms with Crippen LogP contribution >= 0.6 is 0 Å². The van der Waals surface area contributed by atoms with Gasteiger partial charge >= 0.3 is 0 Å². The zero-order valence-electron chi connectivity index (χ0n) is 13.5. The molecule has 2 aliphatic rings. The SMILES string of the molecule is O=C(CN1CCN(C(=O)C2CCC2)CC1)NCc1ccccc1. The third-order valence-corrected chi connectivity index (χ3v) is 4.84. The molecule has 1 heterocycles. The van der Waals surface area contributed by atoms with E-state index < -0.39 is 0 Å². The molecule has 1 aliphatic heterocycles. The van der Waals surface area contributed by atoms with Crippen LogP contribution in [0.2, 0.25) is 0 Å². The standard InChI is InChI=1S/C18H25N3O2/c22-17(19-13-15-5-2-1-3-6-15)14-20-9-11-21(12-10-20)18(23)16-7-4-8-16/h1-3,5-6,16H,4,7-14H2,(H,19,22). The van der Waals surface area contributed by atoms with Gasteiger partial charge in [0.1, 0.15) is 0 Å². The number of hydrogen-bond acceptors (Lipinski definition) is 3. The van der Waals surface area contributed by atoms with E-state index in [4.69, 9.17) is 0 Å². The lowest BCUT2D eigenvalue weighted by Crippen LogP contribution is -2.52. The Morgan fingerprint density at radius 1 is 1.04 bits per heavy atom. The smallest absolute Gasteiger partial charge is 0.234 e. The van der Waals surface area contributed by atoms with Gasteiger partial charge in [-0.25, -0.2) is 0 Å². The summed E-state index contributed by atoms with van der Waals surface area (Å²) >= 11 is 0. The number of rotatable bonds is 5. The van der Waals surface area contributed by atoms with Crippen LogP contribution in [-0.4, -0.2) is 54.3 Å². The third kappa shape index (κ3) is 4.32. The van der Waals surface area contributed by atoms with Gasteiger partial charge < -0.3 is 10.2 Å². The number of piperazine rings is 1. The van der Waals surface area contributed by atoms with Crippen LogP contribution in [0, 0.1) is 5.92 Å². The van der Waals surface area contributed by atoms with Gasteiger partial charge in [-0.05, 0) is 18.4 Å². The first kappa shape index (κ1) is 16.0. The van der Waals surface area contributed by atoms with E-state index in [9.17, 15) is 9.59 Å². The molecule has 124 valence electrons. The minimum Gasteiger partial charge on any atom is -0.351 e. The molecule has 1 aromatic carbocycles. The number of amides is 2. The summed E-state index contributed by atoms with van der Waals surface area (Å²) in [7, 11) is 0. The van der Waals surface area contributed by atoms with Crippen LogP contribution in [0.15, 0.2) is 30.3 Å². The molecular formula is C18H25N3O2. The Balaban J connectivity index is 1.36. The Labute approximate surface area is 137 Å². The van der Waals surface area contributed by atoms with Crippen LogP contribution in [0.25, 0.3) is 0 Å². The van der Waals surface area contributed by atoms with E-state index >= 15 is 0 Å². The van der Waals surface area contributed by atoms with E-state index in [-0.39, 0.29) is 11.8 Å². The first-order valence-corrected chi connectivity index (χ1v) is 8.54. The van der Waals surface area contributed by atoms with E-state index in [1.807, 2.05) is 35.2 Å². The molecule has 1 saturated carbocycles. The molecule has 2 fully saturated rings. The van der Waals surface area contributed by atoms with E-state index in [1.165, 1.54) is 6.42 Å².